The summed E-state index contributed by atoms with van der Waals surface area (Å²) in [5.41, 5.74) is 2.05. The Hall–Kier alpha value is -2.05. The first kappa shape index (κ1) is 10.5. The molecule has 2 aromatic rings. The minimum atomic E-state index is 0.330. The molecule has 3 nitrogen and oxygen atoms in total. The van der Waals surface area contributed by atoms with Crippen LogP contribution in [0.25, 0.3) is 5.69 Å². The first-order valence-corrected chi connectivity index (χ1v) is 5.00. The number of benzene rings is 1. The molecule has 1 heterocycles. The van der Waals surface area contributed by atoms with Gasteiger partial charge in [-0.3, -0.25) is 0 Å². The van der Waals surface area contributed by atoms with E-state index in [1.807, 2.05) is 41.2 Å². The Balaban J connectivity index is 2.06. The van der Waals surface area contributed by atoms with Gasteiger partial charge in [0, 0.05) is 11.8 Å². The maximum absolute atomic E-state index is 5.23. The van der Waals surface area contributed by atoms with Crippen molar-refractivity contribution in [1.29, 1.82) is 0 Å². The van der Waals surface area contributed by atoms with Crippen molar-refractivity contribution in [3.8, 4) is 18.0 Å². The molecule has 16 heavy (non-hydrogen) atoms. The summed E-state index contributed by atoms with van der Waals surface area (Å²) in [5.74, 6) is 2.43. The van der Waals surface area contributed by atoms with Crippen molar-refractivity contribution in [1.82, 2.24) is 9.78 Å². The highest BCUT2D eigenvalue weighted by Crippen LogP contribution is 2.08. The molecule has 1 aromatic carbocycles. The van der Waals surface area contributed by atoms with E-state index in [9.17, 15) is 0 Å². The molecule has 0 N–H and O–H groups in total. The number of hydrogen-bond donors (Lipinski definition) is 0. The lowest BCUT2D eigenvalue weighted by Crippen LogP contribution is -1.93. The van der Waals surface area contributed by atoms with Gasteiger partial charge >= 0.3 is 0 Å². The molecule has 0 unspecified atom stereocenters. The van der Waals surface area contributed by atoms with E-state index in [2.05, 4.69) is 11.0 Å². The monoisotopic (exact) mass is 212 g/mol. The Morgan fingerprint density at radius 1 is 1.31 bits per heavy atom. The molecule has 0 atom stereocenters. The summed E-state index contributed by atoms with van der Waals surface area (Å²) in [6.07, 6.45) is 8.81. The quantitative estimate of drug-likeness (QED) is 0.572. The molecule has 0 aliphatic heterocycles. The van der Waals surface area contributed by atoms with Gasteiger partial charge in [0.15, 0.2) is 0 Å². The van der Waals surface area contributed by atoms with Crippen molar-refractivity contribution in [3.63, 3.8) is 0 Å². The normalized spacial score (nSPS) is 9.94. The molecular formula is C13H12N2O. The fraction of sp³-hybridized carbons (Fsp3) is 0.154. The summed E-state index contributed by atoms with van der Waals surface area (Å²) in [4.78, 5) is 0. The Labute approximate surface area is 94.7 Å². The summed E-state index contributed by atoms with van der Waals surface area (Å²) in [5, 5.41) is 4.25. The SMILES string of the molecule is C#CCOCc1cnn(-c2ccccc2)c1. The average molecular weight is 212 g/mol. The number of aromatic nitrogens is 2. The van der Waals surface area contributed by atoms with Crippen LogP contribution < -0.4 is 0 Å². The van der Waals surface area contributed by atoms with Crippen LogP contribution >= 0.6 is 0 Å². The maximum atomic E-state index is 5.23. The van der Waals surface area contributed by atoms with Gasteiger partial charge in [0.05, 0.1) is 18.5 Å². The molecule has 0 saturated carbocycles. The van der Waals surface area contributed by atoms with E-state index in [0.717, 1.165) is 11.3 Å². The number of ether oxygens (including phenoxy) is 1. The van der Waals surface area contributed by atoms with Crippen LogP contribution in [0, 0.1) is 12.3 Å². The van der Waals surface area contributed by atoms with Crippen molar-refractivity contribution in [2.75, 3.05) is 6.61 Å². The molecule has 0 bridgehead atoms. The fourth-order valence-electron chi connectivity index (χ4n) is 1.38. The molecule has 1 aromatic heterocycles. The van der Waals surface area contributed by atoms with Gasteiger partial charge in [0.25, 0.3) is 0 Å². The second kappa shape index (κ2) is 5.15. The van der Waals surface area contributed by atoms with Gasteiger partial charge in [-0.05, 0) is 12.1 Å². The predicted molar refractivity (Wildman–Crippen MR) is 62.1 cm³/mol. The lowest BCUT2D eigenvalue weighted by Gasteiger charge is -1.99. The van der Waals surface area contributed by atoms with E-state index < -0.39 is 0 Å². The Bertz CT molecular complexity index is 482. The Kier molecular flexibility index (Phi) is 3.37. The Morgan fingerprint density at radius 2 is 2.12 bits per heavy atom. The molecule has 3 heteroatoms. The smallest absolute Gasteiger partial charge is 0.107 e. The number of rotatable bonds is 4. The van der Waals surface area contributed by atoms with Gasteiger partial charge in [0.2, 0.25) is 0 Å². The van der Waals surface area contributed by atoms with Crippen molar-refractivity contribution in [2.24, 2.45) is 0 Å². The topological polar surface area (TPSA) is 27.1 Å². The lowest BCUT2D eigenvalue weighted by atomic mass is 10.3. The molecule has 2 rings (SSSR count). The first-order valence-electron chi connectivity index (χ1n) is 5.00. The zero-order valence-electron chi connectivity index (χ0n) is 8.84. The van der Waals surface area contributed by atoms with E-state index in [1.54, 1.807) is 6.20 Å². The van der Waals surface area contributed by atoms with Crippen molar-refractivity contribution in [3.05, 3.63) is 48.3 Å². The molecule has 0 saturated heterocycles. The van der Waals surface area contributed by atoms with E-state index in [0.29, 0.717) is 13.2 Å². The lowest BCUT2D eigenvalue weighted by molar-refractivity contribution is 0.153. The molecule has 0 spiro atoms. The molecule has 0 aliphatic carbocycles. The molecular weight excluding hydrogens is 200 g/mol. The van der Waals surface area contributed by atoms with Crippen LogP contribution in [0.1, 0.15) is 5.56 Å². The van der Waals surface area contributed by atoms with E-state index in [1.165, 1.54) is 0 Å². The van der Waals surface area contributed by atoms with Crippen LogP contribution in [0.2, 0.25) is 0 Å². The molecule has 0 amide bonds. The second-order valence-corrected chi connectivity index (χ2v) is 3.33. The number of para-hydroxylation sites is 1. The molecule has 0 radical (unpaired) electrons. The van der Waals surface area contributed by atoms with Crippen molar-refractivity contribution < 1.29 is 4.74 Å². The largest absolute Gasteiger partial charge is 0.364 e. The van der Waals surface area contributed by atoms with Crippen molar-refractivity contribution in [2.45, 2.75) is 6.61 Å². The van der Waals surface area contributed by atoms with Gasteiger partial charge in [-0.2, -0.15) is 5.10 Å². The second-order valence-electron chi connectivity index (χ2n) is 3.33. The van der Waals surface area contributed by atoms with Crippen LogP contribution in [0.15, 0.2) is 42.7 Å². The van der Waals surface area contributed by atoms with E-state index in [-0.39, 0.29) is 0 Å². The van der Waals surface area contributed by atoms with E-state index in [4.69, 9.17) is 11.2 Å². The van der Waals surface area contributed by atoms with Gasteiger partial charge in [0.1, 0.15) is 6.61 Å². The average Bonchev–Trinajstić information content (AvgIpc) is 2.79. The van der Waals surface area contributed by atoms with E-state index >= 15 is 0 Å². The van der Waals surface area contributed by atoms with Crippen LogP contribution in [0.3, 0.4) is 0 Å². The molecule has 80 valence electrons. The van der Waals surface area contributed by atoms with Crippen LogP contribution in [-0.2, 0) is 11.3 Å². The van der Waals surface area contributed by atoms with Gasteiger partial charge in [-0.15, -0.1) is 6.42 Å². The highest BCUT2D eigenvalue weighted by molar-refractivity contribution is 5.30. The van der Waals surface area contributed by atoms with Crippen LogP contribution in [0.5, 0.6) is 0 Å². The zero-order chi connectivity index (χ0) is 11.2. The standard InChI is InChI=1S/C13H12N2O/c1-2-8-16-11-12-9-14-15(10-12)13-6-4-3-5-7-13/h1,3-7,9-10H,8,11H2. The molecule has 0 aliphatic rings. The van der Waals surface area contributed by atoms with Gasteiger partial charge in [-0.1, -0.05) is 24.1 Å². The van der Waals surface area contributed by atoms with Crippen molar-refractivity contribution >= 4 is 0 Å². The summed E-state index contributed by atoms with van der Waals surface area (Å²) in [6.45, 7) is 0.827. The predicted octanol–water partition coefficient (Wildman–Crippen LogP) is 2.02. The summed E-state index contributed by atoms with van der Waals surface area (Å²) in [6, 6.07) is 9.93. The maximum Gasteiger partial charge on any atom is 0.107 e. The Morgan fingerprint density at radius 3 is 2.88 bits per heavy atom. The fourth-order valence-corrected chi connectivity index (χ4v) is 1.38. The summed E-state index contributed by atoms with van der Waals surface area (Å²) in [7, 11) is 0. The van der Waals surface area contributed by atoms with Gasteiger partial charge in [-0.25, -0.2) is 4.68 Å². The number of hydrogen-bond acceptors (Lipinski definition) is 2. The van der Waals surface area contributed by atoms with Crippen LogP contribution in [-0.4, -0.2) is 16.4 Å². The van der Waals surface area contributed by atoms with Crippen LogP contribution in [0.4, 0.5) is 0 Å². The summed E-state index contributed by atoms with van der Waals surface area (Å²) >= 11 is 0. The zero-order valence-corrected chi connectivity index (χ0v) is 8.84. The number of terminal acetylenes is 1. The minimum absolute atomic E-state index is 0.330. The van der Waals surface area contributed by atoms with Gasteiger partial charge < -0.3 is 4.74 Å². The number of nitrogens with zero attached hydrogens (tertiary/aromatic N) is 2. The molecule has 0 fully saturated rings. The third-order valence-electron chi connectivity index (χ3n) is 2.11. The highest BCUT2D eigenvalue weighted by Gasteiger charge is 1.99. The minimum Gasteiger partial charge on any atom is -0.364 e. The first-order chi connectivity index (χ1) is 7.90. The highest BCUT2D eigenvalue weighted by atomic mass is 16.5. The summed E-state index contributed by atoms with van der Waals surface area (Å²) < 4.78 is 7.04. The third-order valence-corrected chi connectivity index (χ3v) is 2.11. The third kappa shape index (κ3) is 2.50.